The standard InChI is InChI=1S/C14H25N3S/c1-10-6-5-7-11(9-8-10)15-13-16-12(17-18-13)14(2,3)4/h10-11H,5-9H2,1-4H3,(H,15,16,17). The van der Waals surface area contributed by atoms with Gasteiger partial charge in [0, 0.05) is 23.0 Å². The Morgan fingerprint density at radius 3 is 2.61 bits per heavy atom. The lowest BCUT2D eigenvalue weighted by Crippen LogP contribution is -2.19. The molecule has 2 unspecified atom stereocenters. The van der Waals surface area contributed by atoms with Gasteiger partial charge in [-0.05, 0) is 25.2 Å². The summed E-state index contributed by atoms with van der Waals surface area (Å²) in [5.74, 6) is 1.84. The Kier molecular flexibility index (Phi) is 4.25. The number of nitrogens with zero attached hydrogens (tertiary/aromatic N) is 2. The van der Waals surface area contributed by atoms with E-state index in [2.05, 4.69) is 42.4 Å². The van der Waals surface area contributed by atoms with Crippen LogP contribution in [0.25, 0.3) is 0 Å². The second-order valence-electron chi connectivity index (χ2n) is 6.63. The van der Waals surface area contributed by atoms with Crippen LogP contribution in [0.4, 0.5) is 5.13 Å². The molecule has 2 rings (SSSR count). The summed E-state index contributed by atoms with van der Waals surface area (Å²) < 4.78 is 4.46. The predicted molar refractivity (Wildman–Crippen MR) is 78.3 cm³/mol. The number of nitrogens with one attached hydrogen (secondary N) is 1. The van der Waals surface area contributed by atoms with Gasteiger partial charge < -0.3 is 5.32 Å². The number of hydrogen-bond donors (Lipinski definition) is 1. The zero-order valence-corrected chi connectivity index (χ0v) is 12.8. The van der Waals surface area contributed by atoms with Crippen LogP contribution in [0.5, 0.6) is 0 Å². The van der Waals surface area contributed by atoms with Crippen LogP contribution in [0.15, 0.2) is 0 Å². The van der Waals surface area contributed by atoms with E-state index in [0.717, 1.165) is 16.9 Å². The number of anilines is 1. The van der Waals surface area contributed by atoms with E-state index in [0.29, 0.717) is 6.04 Å². The molecule has 1 saturated carbocycles. The fraction of sp³-hybridized carbons (Fsp3) is 0.857. The first kappa shape index (κ1) is 13.8. The van der Waals surface area contributed by atoms with Gasteiger partial charge in [0.05, 0.1) is 0 Å². The van der Waals surface area contributed by atoms with Crippen molar-refractivity contribution in [1.29, 1.82) is 0 Å². The highest BCUT2D eigenvalue weighted by Gasteiger charge is 2.21. The minimum Gasteiger partial charge on any atom is -0.358 e. The molecule has 1 aliphatic rings. The van der Waals surface area contributed by atoms with Crippen LogP contribution >= 0.6 is 11.5 Å². The molecule has 1 N–H and O–H groups in total. The Bertz CT molecular complexity index is 381. The van der Waals surface area contributed by atoms with Crippen LogP contribution in [0.1, 0.15) is 65.6 Å². The van der Waals surface area contributed by atoms with Gasteiger partial charge in [0.2, 0.25) is 5.13 Å². The molecular formula is C14H25N3S. The zero-order valence-electron chi connectivity index (χ0n) is 12.0. The molecule has 0 saturated heterocycles. The highest BCUT2D eigenvalue weighted by atomic mass is 32.1. The highest BCUT2D eigenvalue weighted by Crippen LogP contribution is 2.27. The molecule has 0 radical (unpaired) electrons. The second kappa shape index (κ2) is 5.55. The third kappa shape index (κ3) is 3.67. The summed E-state index contributed by atoms with van der Waals surface area (Å²) in [5, 5.41) is 4.58. The number of aromatic nitrogens is 2. The quantitative estimate of drug-likeness (QED) is 0.815. The van der Waals surface area contributed by atoms with Crippen molar-refractivity contribution in [3.63, 3.8) is 0 Å². The molecule has 18 heavy (non-hydrogen) atoms. The molecule has 0 spiro atoms. The zero-order chi connectivity index (χ0) is 13.2. The Balaban J connectivity index is 1.95. The average Bonchev–Trinajstić information content (AvgIpc) is 2.65. The van der Waals surface area contributed by atoms with Gasteiger partial charge in [0.25, 0.3) is 0 Å². The largest absolute Gasteiger partial charge is 0.358 e. The predicted octanol–water partition coefficient (Wildman–Crippen LogP) is 4.22. The topological polar surface area (TPSA) is 37.8 Å². The van der Waals surface area contributed by atoms with E-state index in [1.807, 2.05) is 0 Å². The second-order valence-corrected chi connectivity index (χ2v) is 7.38. The van der Waals surface area contributed by atoms with E-state index in [-0.39, 0.29) is 5.41 Å². The lowest BCUT2D eigenvalue weighted by molar-refractivity contribution is 0.502. The maximum atomic E-state index is 4.62. The van der Waals surface area contributed by atoms with E-state index in [4.69, 9.17) is 0 Å². The molecule has 1 aromatic rings. The molecule has 0 bridgehead atoms. The maximum Gasteiger partial charge on any atom is 0.202 e. The Labute approximate surface area is 115 Å². The summed E-state index contributed by atoms with van der Waals surface area (Å²) in [6, 6.07) is 0.593. The summed E-state index contributed by atoms with van der Waals surface area (Å²) in [7, 11) is 0. The lowest BCUT2D eigenvalue weighted by atomic mass is 9.96. The van der Waals surface area contributed by atoms with Crippen LogP contribution in [0.3, 0.4) is 0 Å². The van der Waals surface area contributed by atoms with E-state index in [9.17, 15) is 0 Å². The monoisotopic (exact) mass is 267 g/mol. The maximum absolute atomic E-state index is 4.62. The van der Waals surface area contributed by atoms with Crippen LogP contribution in [-0.4, -0.2) is 15.4 Å². The van der Waals surface area contributed by atoms with E-state index in [1.54, 1.807) is 0 Å². The minimum atomic E-state index is 0.0500. The van der Waals surface area contributed by atoms with Crippen molar-refractivity contribution in [3.8, 4) is 0 Å². The molecule has 4 heteroatoms. The van der Waals surface area contributed by atoms with Crippen molar-refractivity contribution >= 4 is 16.7 Å². The summed E-state index contributed by atoms with van der Waals surface area (Å²) in [6.07, 6.45) is 6.59. The molecule has 0 amide bonds. The minimum absolute atomic E-state index is 0.0500. The van der Waals surface area contributed by atoms with Crippen molar-refractivity contribution in [2.24, 2.45) is 5.92 Å². The average molecular weight is 267 g/mol. The molecule has 0 aliphatic heterocycles. The Hall–Kier alpha value is -0.640. The summed E-state index contributed by atoms with van der Waals surface area (Å²) in [4.78, 5) is 4.62. The fourth-order valence-corrected chi connectivity index (χ4v) is 3.23. The number of hydrogen-bond acceptors (Lipinski definition) is 4. The van der Waals surface area contributed by atoms with E-state index < -0.39 is 0 Å². The Morgan fingerprint density at radius 2 is 1.94 bits per heavy atom. The lowest BCUT2D eigenvalue weighted by Gasteiger charge is -2.15. The van der Waals surface area contributed by atoms with Gasteiger partial charge in [-0.2, -0.15) is 4.37 Å². The van der Waals surface area contributed by atoms with Gasteiger partial charge in [0.15, 0.2) is 0 Å². The van der Waals surface area contributed by atoms with Gasteiger partial charge >= 0.3 is 0 Å². The van der Waals surface area contributed by atoms with Gasteiger partial charge in [-0.15, -0.1) is 0 Å². The van der Waals surface area contributed by atoms with Crippen LogP contribution in [0.2, 0.25) is 0 Å². The van der Waals surface area contributed by atoms with E-state index >= 15 is 0 Å². The highest BCUT2D eigenvalue weighted by molar-refractivity contribution is 7.09. The van der Waals surface area contributed by atoms with Gasteiger partial charge in [-0.3, -0.25) is 0 Å². The van der Waals surface area contributed by atoms with Gasteiger partial charge in [0.1, 0.15) is 5.82 Å². The van der Waals surface area contributed by atoms with Crippen LogP contribution < -0.4 is 5.32 Å². The molecule has 1 fully saturated rings. The normalized spacial score (nSPS) is 25.8. The third-order valence-corrected chi connectivity index (χ3v) is 4.33. The third-order valence-electron chi connectivity index (χ3n) is 3.68. The van der Waals surface area contributed by atoms with Crippen molar-refractivity contribution < 1.29 is 0 Å². The van der Waals surface area contributed by atoms with Crippen molar-refractivity contribution in [2.75, 3.05) is 5.32 Å². The molecule has 1 heterocycles. The number of rotatable bonds is 2. The van der Waals surface area contributed by atoms with E-state index in [1.165, 1.54) is 43.6 Å². The Morgan fingerprint density at radius 1 is 1.17 bits per heavy atom. The van der Waals surface area contributed by atoms with Crippen LogP contribution in [0, 0.1) is 5.92 Å². The molecule has 2 atom stereocenters. The molecule has 102 valence electrons. The van der Waals surface area contributed by atoms with Crippen molar-refractivity contribution in [2.45, 2.75) is 71.3 Å². The van der Waals surface area contributed by atoms with Gasteiger partial charge in [-0.1, -0.05) is 40.5 Å². The summed E-state index contributed by atoms with van der Waals surface area (Å²) in [5.41, 5.74) is 0.0500. The van der Waals surface area contributed by atoms with Gasteiger partial charge in [-0.25, -0.2) is 4.98 Å². The first-order valence-electron chi connectivity index (χ1n) is 7.06. The summed E-state index contributed by atoms with van der Waals surface area (Å²) in [6.45, 7) is 8.84. The SMILES string of the molecule is CC1CCCC(Nc2nc(C(C)(C)C)ns2)CC1. The summed E-state index contributed by atoms with van der Waals surface area (Å²) >= 11 is 1.51. The molecule has 3 nitrogen and oxygen atoms in total. The molecule has 1 aromatic heterocycles. The molecular weight excluding hydrogens is 242 g/mol. The first-order chi connectivity index (χ1) is 8.45. The molecule has 1 aliphatic carbocycles. The van der Waals surface area contributed by atoms with Crippen molar-refractivity contribution in [1.82, 2.24) is 9.36 Å². The van der Waals surface area contributed by atoms with Crippen molar-refractivity contribution in [3.05, 3.63) is 5.82 Å². The fourth-order valence-electron chi connectivity index (χ4n) is 2.39. The smallest absolute Gasteiger partial charge is 0.202 e. The molecule has 0 aromatic carbocycles. The van der Waals surface area contributed by atoms with Crippen LogP contribution in [-0.2, 0) is 5.41 Å². The first-order valence-corrected chi connectivity index (χ1v) is 7.83.